The fourth-order valence-corrected chi connectivity index (χ4v) is 1.59. The van der Waals surface area contributed by atoms with Crippen LogP contribution in [0.15, 0.2) is 21.2 Å². The molecule has 0 bridgehead atoms. The van der Waals surface area contributed by atoms with Crippen molar-refractivity contribution in [1.82, 2.24) is 5.32 Å². The molecule has 0 radical (unpaired) electrons. The summed E-state index contributed by atoms with van der Waals surface area (Å²) in [7, 11) is 0. The summed E-state index contributed by atoms with van der Waals surface area (Å²) in [5.74, 6) is -0.129. The first-order valence-electron chi connectivity index (χ1n) is 4.49. The highest BCUT2D eigenvalue weighted by molar-refractivity contribution is 9.10. The Labute approximate surface area is 94.0 Å². The molecule has 0 amide bonds. The summed E-state index contributed by atoms with van der Waals surface area (Å²) >= 11 is 3.02. The highest BCUT2D eigenvalue weighted by Gasteiger charge is 2.43. The number of nitrogens with one attached hydrogen (secondary N) is 1. The van der Waals surface area contributed by atoms with Crippen molar-refractivity contribution in [3.8, 4) is 0 Å². The van der Waals surface area contributed by atoms with Crippen molar-refractivity contribution in [3.63, 3.8) is 0 Å². The number of rotatable bonds is 4. The van der Waals surface area contributed by atoms with Crippen LogP contribution in [-0.2, 0) is 0 Å². The zero-order chi connectivity index (χ0) is 11.5. The lowest BCUT2D eigenvalue weighted by Gasteiger charge is -2.19. The van der Waals surface area contributed by atoms with Crippen LogP contribution in [0.5, 0.6) is 0 Å². The SMILES string of the molecule is CCCNC(c1occc1Br)C(F)(F)F. The van der Waals surface area contributed by atoms with E-state index in [1.165, 1.54) is 12.3 Å². The first kappa shape index (κ1) is 12.6. The number of halogens is 4. The first-order valence-corrected chi connectivity index (χ1v) is 5.29. The van der Waals surface area contributed by atoms with Crippen LogP contribution in [0.4, 0.5) is 13.2 Å². The lowest BCUT2D eigenvalue weighted by Crippen LogP contribution is -2.34. The Bertz CT molecular complexity index is 311. The Hall–Kier alpha value is -0.490. The molecule has 0 fully saturated rings. The number of alkyl halides is 3. The van der Waals surface area contributed by atoms with Crippen LogP contribution in [0.2, 0.25) is 0 Å². The number of furan rings is 1. The molecule has 0 aromatic carbocycles. The van der Waals surface area contributed by atoms with Gasteiger partial charge in [0.25, 0.3) is 0 Å². The zero-order valence-corrected chi connectivity index (χ0v) is 9.65. The van der Waals surface area contributed by atoms with E-state index in [4.69, 9.17) is 4.42 Å². The highest BCUT2D eigenvalue weighted by Crippen LogP contribution is 2.36. The van der Waals surface area contributed by atoms with Crippen LogP contribution in [0.1, 0.15) is 25.1 Å². The van der Waals surface area contributed by atoms with Gasteiger partial charge in [-0.05, 0) is 35.0 Å². The van der Waals surface area contributed by atoms with Crippen molar-refractivity contribution in [2.24, 2.45) is 0 Å². The maximum absolute atomic E-state index is 12.6. The molecule has 1 atom stereocenters. The lowest BCUT2D eigenvalue weighted by molar-refractivity contribution is -0.161. The maximum atomic E-state index is 12.6. The topological polar surface area (TPSA) is 25.2 Å². The van der Waals surface area contributed by atoms with Crippen LogP contribution in [0.3, 0.4) is 0 Å². The van der Waals surface area contributed by atoms with Crippen LogP contribution in [0.25, 0.3) is 0 Å². The van der Waals surface area contributed by atoms with E-state index in [0.29, 0.717) is 10.9 Å². The second-order valence-electron chi connectivity index (χ2n) is 3.06. The van der Waals surface area contributed by atoms with Gasteiger partial charge in [-0.25, -0.2) is 0 Å². The lowest BCUT2D eigenvalue weighted by atomic mass is 10.2. The fourth-order valence-electron chi connectivity index (χ4n) is 1.16. The predicted octanol–water partition coefficient (Wildman–Crippen LogP) is 3.65. The minimum atomic E-state index is -4.35. The molecule has 0 saturated heterocycles. The summed E-state index contributed by atoms with van der Waals surface area (Å²) in [4.78, 5) is 0. The van der Waals surface area contributed by atoms with Gasteiger partial charge in [0, 0.05) is 0 Å². The highest BCUT2D eigenvalue weighted by atomic mass is 79.9. The molecule has 0 aliphatic heterocycles. The van der Waals surface area contributed by atoms with Crippen molar-refractivity contribution in [2.45, 2.75) is 25.6 Å². The molecule has 0 spiro atoms. The van der Waals surface area contributed by atoms with E-state index in [1.54, 1.807) is 6.92 Å². The van der Waals surface area contributed by atoms with Crippen molar-refractivity contribution in [3.05, 3.63) is 22.6 Å². The first-order chi connectivity index (χ1) is 6.96. The molecule has 15 heavy (non-hydrogen) atoms. The Morgan fingerprint density at radius 3 is 2.60 bits per heavy atom. The van der Waals surface area contributed by atoms with Crippen molar-refractivity contribution >= 4 is 15.9 Å². The molecule has 0 aliphatic carbocycles. The average molecular weight is 286 g/mol. The minimum absolute atomic E-state index is 0.129. The fraction of sp³-hybridized carbons (Fsp3) is 0.556. The van der Waals surface area contributed by atoms with Crippen molar-refractivity contribution in [1.29, 1.82) is 0 Å². The van der Waals surface area contributed by atoms with Gasteiger partial charge in [-0.3, -0.25) is 5.32 Å². The van der Waals surface area contributed by atoms with E-state index in [2.05, 4.69) is 21.2 Å². The molecule has 1 rings (SSSR count). The van der Waals surface area contributed by atoms with Crippen LogP contribution >= 0.6 is 15.9 Å². The molecule has 0 aliphatic rings. The summed E-state index contributed by atoms with van der Waals surface area (Å²) in [6.07, 6.45) is -2.49. The van der Waals surface area contributed by atoms with Gasteiger partial charge in [0.15, 0.2) is 6.04 Å². The van der Waals surface area contributed by atoms with Gasteiger partial charge in [-0.15, -0.1) is 0 Å². The van der Waals surface area contributed by atoms with Gasteiger partial charge in [-0.1, -0.05) is 6.92 Å². The summed E-state index contributed by atoms with van der Waals surface area (Å²) in [6.45, 7) is 2.09. The van der Waals surface area contributed by atoms with Crippen molar-refractivity contribution in [2.75, 3.05) is 6.54 Å². The van der Waals surface area contributed by atoms with Gasteiger partial charge >= 0.3 is 6.18 Å². The quantitative estimate of drug-likeness (QED) is 0.914. The molecule has 1 N–H and O–H groups in total. The second-order valence-corrected chi connectivity index (χ2v) is 3.92. The molecular weight excluding hydrogens is 275 g/mol. The maximum Gasteiger partial charge on any atom is 0.411 e. The Balaban J connectivity index is 2.87. The monoisotopic (exact) mass is 285 g/mol. The Morgan fingerprint density at radius 2 is 2.20 bits per heavy atom. The van der Waals surface area contributed by atoms with Crippen molar-refractivity contribution < 1.29 is 17.6 Å². The standard InChI is InChI=1S/C9H11BrF3NO/c1-2-4-14-8(9(11,12)13)7-6(10)3-5-15-7/h3,5,8,14H,2,4H2,1H3. The third kappa shape index (κ3) is 3.24. The van der Waals surface area contributed by atoms with Crippen LogP contribution < -0.4 is 5.32 Å². The molecule has 6 heteroatoms. The largest absolute Gasteiger partial charge is 0.466 e. The van der Waals surface area contributed by atoms with Gasteiger partial charge in [0.05, 0.1) is 10.7 Å². The second kappa shape index (κ2) is 5.03. The van der Waals surface area contributed by atoms with Crippen LogP contribution in [0, 0.1) is 0 Å². The normalized spacial score (nSPS) is 14.2. The van der Waals surface area contributed by atoms with Gasteiger partial charge in [0.1, 0.15) is 5.76 Å². The summed E-state index contributed by atoms with van der Waals surface area (Å²) in [5, 5.41) is 2.40. The molecule has 1 aromatic heterocycles. The molecule has 1 unspecified atom stereocenters. The summed E-state index contributed by atoms with van der Waals surface area (Å²) in [5.41, 5.74) is 0. The van der Waals surface area contributed by atoms with E-state index in [9.17, 15) is 13.2 Å². The van der Waals surface area contributed by atoms with E-state index in [1.807, 2.05) is 0 Å². The molecular formula is C9H11BrF3NO. The summed E-state index contributed by atoms with van der Waals surface area (Å²) in [6, 6.07) is -0.302. The molecule has 1 heterocycles. The molecule has 0 saturated carbocycles. The minimum Gasteiger partial charge on any atom is -0.466 e. The third-order valence-corrected chi connectivity index (χ3v) is 2.49. The van der Waals surface area contributed by atoms with Gasteiger partial charge in [0.2, 0.25) is 0 Å². The smallest absolute Gasteiger partial charge is 0.411 e. The number of hydrogen-bond donors (Lipinski definition) is 1. The van der Waals surface area contributed by atoms with Crippen LogP contribution in [-0.4, -0.2) is 12.7 Å². The van der Waals surface area contributed by atoms with E-state index in [0.717, 1.165) is 0 Å². The molecule has 2 nitrogen and oxygen atoms in total. The third-order valence-electron chi connectivity index (χ3n) is 1.83. The molecule has 86 valence electrons. The molecule has 1 aromatic rings. The van der Waals surface area contributed by atoms with E-state index in [-0.39, 0.29) is 12.3 Å². The Kier molecular flexibility index (Phi) is 4.21. The summed E-state index contributed by atoms with van der Waals surface area (Å²) < 4.78 is 43.1. The number of hydrogen-bond acceptors (Lipinski definition) is 2. The average Bonchev–Trinajstić information content (AvgIpc) is 2.51. The predicted molar refractivity (Wildman–Crippen MR) is 53.5 cm³/mol. The van der Waals surface area contributed by atoms with Gasteiger partial charge < -0.3 is 4.42 Å². The Morgan fingerprint density at radius 1 is 1.53 bits per heavy atom. The van der Waals surface area contributed by atoms with Gasteiger partial charge in [-0.2, -0.15) is 13.2 Å². The van der Waals surface area contributed by atoms with E-state index < -0.39 is 12.2 Å². The van der Waals surface area contributed by atoms with E-state index >= 15 is 0 Å². The zero-order valence-electron chi connectivity index (χ0n) is 8.07.